The molecule has 2 amide bonds. The smallest absolute Gasteiger partial charge is 0.240 e. The van der Waals surface area contributed by atoms with Gasteiger partial charge in [-0.25, -0.2) is 4.39 Å². The summed E-state index contributed by atoms with van der Waals surface area (Å²) in [7, 11) is 0. The molecule has 132 valence electrons. The second-order valence-corrected chi connectivity index (χ2v) is 6.21. The Kier molecular flexibility index (Phi) is 5.27. The number of hydrogen-bond acceptors (Lipinski definition) is 2. The first-order valence-corrected chi connectivity index (χ1v) is 8.32. The van der Waals surface area contributed by atoms with Crippen molar-refractivity contribution < 1.29 is 14.0 Å². The molecular weight excluding hydrogens is 331 g/mol. The molecule has 5 heteroatoms. The molecule has 3 N–H and O–H groups in total. The molecule has 1 atom stereocenters. The second kappa shape index (κ2) is 7.78. The molecule has 0 aliphatic heterocycles. The summed E-state index contributed by atoms with van der Waals surface area (Å²) in [4.78, 5) is 24.0. The monoisotopic (exact) mass is 350 g/mol. The molecule has 3 rings (SSSR count). The van der Waals surface area contributed by atoms with Crippen molar-refractivity contribution in [2.75, 3.05) is 0 Å². The lowest BCUT2D eigenvalue weighted by atomic mass is 10.0. The Morgan fingerprint density at radius 1 is 0.923 bits per heavy atom. The first-order valence-electron chi connectivity index (χ1n) is 8.32. The van der Waals surface area contributed by atoms with E-state index >= 15 is 0 Å². The van der Waals surface area contributed by atoms with Crippen molar-refractivity contribution in [3.8, 4) is 0 Å². The molecule has 4 nitrogen and oxygen atoms in total. The van der Waals surface area contributed by atoms with E-state index in [1.54, 1.807) is 12.1 Å². The lowest BCUT2D eigenvalue weighted by Gasteiger charge is -2.16. The van der Waals surface area contributed by atoms with Gasteiger partial charge in [0.1, 0.15) is 11.9 Å². The summed E-state index contributed by atoms with van der Waals surface area (Å²) in [5.74, 6) is -1.35. The summed E-state index contributed by atoms with van der Waals surface area (Å²) in [5, 5.41) is 4.79. The number of rotatable bonds is 6. The first kappa shape index (κ1) is 17.6. The highest BCUT2D eigenvalue weighted by atomic mass is 19.1. The quantitative estimate of drug-likeness (QED) is 0.717. The number of halogens is 1. The highest BCUT2D eigenvalue weighted by molar-refractivity contribution is 5.89. The van der Waals surface area contributed by atoms with Crippen LogP contribution in [0.3, 0.4) is 0 Å². The molecule has 0 aliphatic rings. The Morgan fingerprint density at radius 2 is 1.69 bits per heavy atom. The fourth-order valence-corrected chi connectivity index (χ4v) is 2.90. The van der Waals surface area contributed by atoms with Crippen molar-refractivity contribution in [3.05, 3.63) is 83.7 Å². The van der Waals surface area contributed by atoms with Crippen LogP contribution < -0.4 is 11.1 Å². The molecule has 0 radical (unpaired) electrons. The zero-order valence-corrected chi connectivity index (χ0v) is 14.1. The number of primary amides is 1. The Balaban J connectivity index is 1.68. The van der Waals surface area contributed by atoms with Gasteiger partial charge >= 0.3 is 0 Å². The zero-order valence-electron chi connectivity index (χ0n) is 14.1. The third-order valence-corrected chi connectivity index (χ3v) is 4.19. The molecule has 0 fully saturated rings. The highest BCUT2D eigenvalue weighted by Gasteiger charge is 2.19. The topological polar surface area (TPSA) is 72.2 Å². The molecule has 0 aromatic heterocycles. The molecule has 0 saturated carbocycles. The van der Waals surface area contributed by atoms with Crippen molar-refractivity contribution in [2.24, 2.45) is 5.73 Å². The predicted molar refractivity (Wildman–Crippen MR) is 98.9 cm³/mol. The van der Waals surface area contributed by atoms with Crippen molar-refractivity contribution in [2.45, 2.75) is 18.9 Å². The third kappa shape index (κ3) is 4.45. The number of amides is 2. The van der Waals surface area contributed by atoms with Crippen LogP contribution in [0.5, 0.6) is 0 Å². The van der Waals surface area contributed by atoms with Crippen molar-refractivity contribution in [3.63, 3.8) is 0 Å². The number of nitrogens with two attached hydrogens (primary N) is 1. The number of benzene rings is 3. The SMILES string of the molecule is NC(=O)[C@H](Cc1cccc(F)c1)NC(=O)Cc1ccc2ccccc2c1. The minimum absolute atomic E-state index is 0.137. The van der Waals surface area contributed by atoms with Crippen molar-refractivity contribution >= 4 is 22.6 Å². The van der Waals surface area contributed by atoms with E-state index in [2.05, 4.69) is 5.32 Å². The standard InChI is InChI=1S/C21H19FN2O2/c22-18-7-3-4-14(11-18)12-19(21(23)26)24-20(25)13-15-8-9-16-5-1-2-6-17(16)10-15/h1-11,19H,12-13H2,(H2,23,26)(H,24,25)/t19-/m0/s1. The van der Waals surface area contributed by atoms with E-state index in [1.165, 1.54) is 12.1 Å². The van der Waals surface area contributed by atoms with Crippen LogP contribution in [0.4, 0.5) is 4.39 Å². The lowest BCUT2D eigenvalue weighted by molar-refractivity contribution is -0.127. The predicted octanol–water partition coefficient (Wildman–Crippen LogP) is 2.73. The number of carbonyl (C=O) groups is 2. The minimum atomic E-state index is -0.884. The molecule has 0 saturated heterocycles. The van der Waals surface area contributed by atoms with E-state index in [-0.39, 0.29) is 18.7 Å². The fraction of sp³-hybridized carbons (Fsp3) is 0.143. The van der Waals surface area contributed by atoms with Gasteiger partial charge in [-0.3, -0.25) is 9.59 Å². The molecule has 0 heterocycles. The lowest BCUT2D eigenvalue weighted by Crippen LogP contribution is -2.46. The average Bonchev–Trinajstić information content (AvgIpc) is 2.61. The second-order valence-electron chi connectivity index (χ2n) is 6.21. The van der Waals surface area contributed by atoms with E-state index in [9.17, 15) is 14.0 Å². The summed E-state index contributed by atoms with van der Waals surface area (Å²) in [5.41, 5.74) is 6.83. The van der Waals surface area contributed by atoms with Crippen LogP contribution in [0, 0.1) is 5.82 Å². The Bertz CT molecular complexity index is 955. The van der Waals surface area contributed by atoms with E-state index < -0.39 is 17.8 Å². The Morgan fingerprint density at radius 3 is 2.42 bits per heavy atom. The van der Waals surface area contributed by atoms with Crippen LogP contribution in [-0.2, 0) is 22.4 Å². The van der Waals surface area contributed by atoms with Crippen LogP contribution in [0.25, 0.3) is 10.8 Å². The number of carbonyl (C=O) groups excluding carboxylic acids is 2. The molecular formula is C21H19FN2O2. The fourth-order valence-electron chi connectivity index (χ4n) is 2.90. The maximum atomic E-state index is 13.3. The number of hydrogen-bond donors (Lipinski definition) is 2. The van der Waals surface area contributed by atoms with Gasteiger partial charge in [-0.15, -0.1) is 0 Å². The van der Waals surface area contributed by atoms with Crippen molar-refractivity contribution in [1.82, 2.24) is 5.32 Å². The van der Waals surface area contributed by atoms with E-state index in [1.807, 2.05) is 42.5 Å². The summed E-state index contributed by atoms with van der Waals surface area (Å²) >= 11 is 0. The summed E-state index contributed by atoms with van der Waals surface area (Å²) in [6.07, 6.45) is 0.286. The normalized spacial score (nSPS) is 11.9. The maximum Gasteiger partial charge on any atom is 0.240 e. The molecule has 0 aliphatic carbocycles. The molecule has 0 unspecified atom stereocenters. The van der Waals surface area contributed by atoms with Gasteiger partial charge in [-0.1, -0.05) is 54.6 Å². The van der Waals surface area contributed by atoms with Crippen LogP contribution in [-0.4, -0.2) is 17.9 Å². The van der Waals surface area contributed by atoms with Crippen LogP contribution >= 0.6 is 0 Å². The molecule has 0 spiro atoms. The van der Waals surface area contributed by atoms with Gasteiger partial charge in [0.25, 0.3) is 0 Å². The van der Waals surface area contributed by atoms with E-state index in [0.29, 0.717) is 5.56 Å². The zero-order chi connectivity index (χ0) is 18.5. The van der Waals surface area contributed by atoms with Gasteiger partial charge in [0.15, 0.2) is 0 Å². The van der Waals surface area contributed by atoms with Crippen LogP contribution in [0.15, 0.2) is 66.7 Å². The largest absolute Gasteiger partial charge is 0.368 e. The molecule has 0 bridgehead atoms. The Labute approximate surface area is 150 Å². The van der Waals surface area contributed by atoms with Gasteiger partial charge in [-0.2, -0.15) is 0 Å². The summed E-state index contributed by atoms with van der Waals surface area (Å²) in [6.45, 7) is 0. The minimum Gasteiger partial charge on any atom is -0.368 e. The van der Waals surface area contributed by atoms with Crippen molar-refractivity contribution in [1.29, 1.82) is 0 Å². The van der Waals surface area contributed by atoms with Gasteiger partial charge in [0.05, 0.1) is 6.42 Å². The average molecular weight is 350 g/mol. The van der Waals surface area contributed by atoms with E-state index in [4.69, 9.17) is 5.73 Å². The molecule has 26 heavy (non-hydrogen) atoms. The van der Waals surface area contributed by atoms with Crippen LogP contribution in [0.1, 0.15) is 11.1 Å². The van der Waals surface area contributed by atoms with Gasteiger partial charge < -0.3 is 11.1 Å². The van der Waals surface area contributed by atoms with Crippen LogP contribution in [0.2, 0.25) is 0 Å². The number of fused-ring (bicyclic) bond motifs is 1. The highest BCUT2D eigenvalue weighted by Crippen LogP contribution is 2.16. The Hall–Kier alpha value is -3.21. The van der Waals surface area contributed by atoms with Gasteiger partial charge in [-0.05, 0) is 34.0 Å². The molecule has 3 aromatic rings. The number of nitrogens with one attached hydrogen (secondary N) is 1. The third-order valence-electron chi connectivity index (χ3n) is 4.19. The summed E-state index contributed by atoms with van der Waals surface area (Å²) in [6, 6.07) is 18.7. The summed E-state index contributed by atoms with van der Waals surface area (Å²) < 4.78 is 13.3. The maximum absolute atomic E-state index is 13.3. The van der Waals surface area contributed by atoms with Gasteiger partial charge in [0, 0.05) is 6.42 Å². The van der Waals surface area contributed by atoms with Gasteiger partial charge in [0.2, 0.25) is 11.8 Å². The first-order chi connectivity index (χ1) is 12.5. The van der Waals surface area contributed by atoms with E-state index in [0.717, 1.165) is 16.3 Å². The molecule has 3 aromatic carbocycles.